The SMILES string of the molecule is ClC(Cl)(Cl)C(Cl)(Cc1ccccc1)c1ccccc1. The average molecular weight is 334 g/mol. The van der Waals surface area contributed by atoms with Gasteiger partial charge in [0, 0.05) is 0 Å². The van der Waals surface area contributed by atoms with Crippen LogP contribution in [0.4, 0.5) is 0 Å². The minimum absolute atomic E-state index is 0.440. The molecule has 0 heterocycles. The molecule has 0 aliphatic carbocycles. The van der Waals surface area contributed by atoms with Gasteiger partial charge >= 0.3 is 0 Å². The summed E-state index contributed by atoms with van der Waals surface area (Å²) in [5.41, 5.74) is 1.81. The van der Waals surface area contributed by atoms with E-state index in [2.05, 4.69) is 0 Å². The molecule has 0 spiro atoms. The maximum absolute atomic E-state index is 6.68. The molecule has 0 saturated heterocycles. The first-order chi connectivity index (χ1) is 8.93. The van der Waals surface area contributed by atoms with E-state index in [9.17, 15) is 0 Å². The monoisotopic (exact) mass is 332 g/mol. The molecule has 0 amide bonds. The Hall–Kier alpha value is -0.400. The average Bonchev–Trinajstić information content (AvgIpc) is 2.39. The maximum Gasteiger partial charge on any atom is 0.213 e. The summed E-state index contributed by atoms with van der Waals surface area (Å²) in [7, 11) is 0. The molecule has 0 saturated carbocycles. The molecule has 0 radical (unpaired) electrons. The van der Waals surface area contributed by atoms with Crippen molar-refractivity contribution in [1.82, 2.24) is 0 Å². The van der Waals surface area contributed by atoms with Crippen molar-refractivity contribution < 1.29 is 0 Å². The Morgan fingerprint density at radius 2 is 1.16 bits per heavy atom. The lowest BCUT2D eigenvalue weighted by molar-refractivity contribution is 0.618. The number of hydrogen-bond acceptors (Lipinski definition) is 0. The van der Waals surface area contributed by atoms with Crippen LogP contribution in [0.5, 0.6) is 0 Å². The minimum Gasteiger partial charge on any atom is -0.109 e. The molecule has 19 heavy (non-hydrogen) atoms. The maximum atomic E-state index is 6.68. The van der Waals surface area contributed by atoms with Gasteiger partial charge in [-0.3, -0.25) is 0 Å². The third-order valence-electron chi connectivity index (χ3n) is 2.97. The first-order valence-electron chi connectivity index (χ1n) is 5.78. The number of benzene rings is 2. The molecule has 0 nitrogen and oxygen atoms in total. The second-order valence-corrected chi connectivity index (χ2v) is 7.25. The van der Waals surface area contributed by atoms with E-state index in [1.807, 2.05) is 60.7 Å². The number of halogens is 4. The molecule has 100 valence electrons. The smallest absolute Gasteiger partial charge is 0.109 e. The molecule has 2 aromatic rings. The zero-order valence-electron chi connectivity index (χ0n) is 9.99. The van der Waals surface area contributed by atoms with Crippen LogP contribution >= 0.6 is 46.4 Å². The van der Waals surface area contributed by atoms with Gasteiger partial charge in [0.1, 0.15) is 4.87 Å². The lowest BCUT2D eigenvalue weighted by atomic mass is 9.92. The molecule has 0 aliphatic rings. The highest BCUT2D eigenvalue weighted by molar-refractivity contribution is 6.70. The summed E-state index contributed by atoms with van der Waals surface area (Å²) < 4.78 is -1.61. The lowest BCUT2D eigenvalue weighted by Gasteiger charge is -2.34. The quantitative estimate of drug-likeness (QED) is 0.629. The minimum atomic E-state index is -1.61. The zero-order valence-corrected chi connectivity index (χ0v) is 13.0. The van der Waals surface area contributed by atoms with E-state index in [4.69, 9.17) is 46.4 Å². The fourth-order valence-electron chi connectivity index (χ4n) is 1.95. The Kier molecular flexibility index (Phi) is 4.68. The van der Waals surface area contributed by atoms with Gasteiger partial charge in [-0.05, 0) is 17.5 Å². The van der Waals surface area contributed by atoms with E-state index < -0.39 is 8.67 Å². The Labute approximate surface area is 133 Å². The molecule has 4 heteroatoms. The summed E-state index contributed by atoms with van der Waals surface area (Å²) in [6, 6.07) is 19.2. The fourth-order valence-corrected chi connectivity index (χ4v) is 2.75. The van der Waals surface area contributed by atoms with Gasteiger partial charge < -0.3 is 0 Å². The summed E-state index contributed by atoms with van der Waals surface area (Å²) in [5, 5.41) is 0. The molecule has 1 unspecified atom stereocenters. The summed E-state index contributed by atoms with van der Waals surface area (Å²) >= 11 is 25.1. The fraction of sp³-hybridized carbons (Fsp3) is 0.200. The first-order valence-corrected chi connectivity index (χ1v) is 7.30. The van der Waals surface area contributed by atoms with E-state index in [0.717, 1.165) is 11.1 Å². The third-order valence-corrected chi connectivity index (χ3v) is 4.86. The number of alkyl halides is 4. The van der Waals surface area contributed by atoms with Crippen LogP contribution < -0.4 is 0 Å². The van der Waals surface area contributed by atoms with Gasteiger partial charge in [0.2, 0.25) is 3.79 Å². The molecule has 1 atom stereocenters. The van der Waals surface area contributed by atoms with E-state index in [1.165, 1.54) is 0 Å². The van der Waals surface area contributed by atoms with Crippen molar-refractivity contribution in [2.24, 2.45) is 0 Å². The van der Waals surface area contributed by atoms with Crippen LogP contribution in [0.3, 0.4) is 0 Å². The van der Waals surface area contributed by atoms with Crippen LogP contribution in [0.1, 0.15) is 11.1 Å². The molecular formula is C15H12Cl4. The van der Waals surface area contributed by atoms with Gasteiger partial charge in [-0.25, -0.2) is 0 Å². The first kappa shape index (κ1) is 15.0. The highest BCUT2D eigenvalue weighted by atomic mass is 35.6. The Morgan fingerprint density at radius 1 is 0.684 bits per heavy atom. The molecule has 2 rings (SSSR count). The standard InChI is InChI=1S/C15H12Cl4/c16-14(15(17,18)19,13-9-5-2-6-10-13)11-12-7-3-1-4-8-12/h1-10H,11H2. The van der Waals surface area contributed by atoms with Gasteiger partial charge in [-0.1, -0.05) is 95.5 Å². The van der Waals surface area contributed by atoms with E-state index in [1.54, 1.807) is 0 Å². The van der Waals surface area contributed by atoms with Crippen LogP contribution in [0.15, 0.2) is 60.7 Å². The molecule has 0 N–H and O–H groups in total. The van der Waals surface area contributed by atoms with Crippen LogP contribution in [0.25, 0.3) is 0 Å². The predicted octanol–water partition coefficient (Wildman–Crippen LogP) is 5.73. The highest BCUT2D eigenvalue weighted by Gasteiger charge is 2.48. The van der Waals surface area contributed by atoms with E-state index >= 15 is 0 Å². The molecule has 0 bridgehead atoms. The van der Waals surface area contributed by atoms with Crippen molar-refractivity contribution in [1.29, 1.82) is 0 Å². The van der Waals surface area contributed by atoms with Gasteiger partial charge in [0.25, 0.3) is 0 Å². The van der Waals surface area contributed by atoms with E-state index in [-0.39, 0.29) is 0 Å². The Morgan fingerprint density at radius 3 is 1.63 bits per heavy atom. The highest BCUT2D eigenvalue weighted by Crippen LogP contribution is 2.51. The van der Waals surface area contributed by atoms with Crippen LogP contribution in [-0.4, -0.2) is 3.79 Å². The van der Waals surface area contributed by atoms with Crippen molar-refractivity contribution in [2.45, 2.75) is 15.1 Å². The molecule has 2 aromatic carbocycles. The topological polar surface area (TPSA) is 0 Å². The van der Waals surface area contributed by atoms with E-state index in [0.29, 0.717) is 6.42 Å². The third kappa shape index (κ3) is 3.38. The van der Waals surface area contributed by atoms with Crippen molar-refractivity contribution in [3.63, 3.8) is 0 Å². The summed E-state index contributed by atoms with van der Waals surface area (Å²) in [6.07, 6.45) is 0.440. The van der Waals surface area contributed by atoms with Crippen molar-refractivity contribution >= 4 is 46.4 Å². The second kappa shape index (κ2) is 5.93. The van der Waals surface area contributed by atoms with Crippen molar-refractivity contribution in [3.8, 4) is 0 Å². The molecular weight excluding hydrogens is 322 g/mol. The predicted molar refractivity (Wildman–Crippen MR) is 84.4 cm³/mol. The van der Waals surface area contributed by atoms with Gasteiger partial charge in [0.15, 0.2) is 0 Å². The van der Waals surface area contributed by atoms with Crippen molar-refractivity contribution in [3.05, 3.63) is 71.8 Å². The molecule has 0 fully saturated rings. The summed E-state index contributed by atoms with van der Waals surface area (Å²) in [4.78, 5) is -1.10. The molecule has 0 aromatic heterocycles. The van der Waals surface area contributed by atoms with Crippen molar-refractivity contribution in [2.75, 3.05) is 0 Å². The van der Waals surface area contributed by atoms with Gasteiger partial charge in [-0.15, -0.1) is 11.6 Å². The zero-order chi connectivity index (χ0) is 13.9. The second-order valence-electron chi connectivity index (χ2n) is 4.33. The largest absolute Gasteiger partial charge is 0.213 e. The van der Waals surface area contributed by atoms with Crippen LogP contribution in [0, 0.1) is 0 Å². The van der Waals surface area contributed by atoms with Gasteiger partial charge in [0.05, 0.1) is 0 Å². The normalized spacial score (nSPS) is 14.9. The van der Waals surface area contributed by atoms with Gasteiger partial charge in [-0.2, -0.15) is 0 Å². The lowest BCUT2D eigenvalue weighted by Crippen LogP contribution is -2.36. The van der Waals surface area contributed by atoms with Crippen LogP contribution in [0.2, 0.25) is 0 Å². The summed E-state index contributed by atoms with van der Waals surface area (Å²) in [5.74, 6) is 0. The van der Waals surface area contributed by atoms with Crippen LogP contribution in [-0.2, 0) is 11.3 Å². The number of rotatable bonds is 3. The number of hydrogen-bond donors (Lipinski definition) is 0. The Bertz CT molecular complexity index is 519. The molecule has 0 aliphatic heterocycles. The summed E-state index contributed by atoms with van der Waals surface area (Å²) in [6.45, 7) is 0. The Balaban J connectivity index is 2.42.